The molecule has 0 radical (unpaired) electrons. The van der Waals surface area contributed by atoms with Gasteiger partial charge in [0, 0.05) is 17.7 Å². The van der Waals surface area contributed by atoms with Crippen LogP contribution in [0, 0.1) is 0 Å². The molecule has 2 aromatic carbocycles. The van der Waals surface area contributed by atoms with Crippen LogP contribution < -0.4 is 0 Å². The highest BCUT2D eigenvalue weighted by molar-refractivity contribution is 5.96. The van der Waals surface area contributed by atoms with Gasteiger partial charge in [-0.1, -0.05) is 55.8 Å². The largest absolute Gasteiger partial charge is 0.302 e. The second-order valence-electron chi connectivity index (χ2n) is 5.89. The van der Waals surface area contributed by atoms with Crippen molar-refractivity contribution in [1.29, 1.82) is 0 Å². The number of hydrogen-bond donors (Lipinski definition) is 1. The average molecular weight is 293 g/mol. The van der Waals surface area contributed by atoms with Crippen LogP contribution in [0.15, 0.2) is 48.7 Å². The maximum absolute atomic E-state index is 4.29. The van der Waals surface area contributed by atoms with Crippen LogP contribution >= 0.6 is 0 Å². The van der Waals surface area contributed by atoms with Gasteiger partial charge in [-0.05, 0) is 30.8 Å². The molecule has 3 aromatic rings. The van der Waals surface area contributed by atoms with E-state index in [9.17, 15) is 0 Å². The van der Waals surface area contributed by atoms with E-state index in [0.717, 1.165) is 18.8 Å². The summed E-state index contributed by atoms with van der Waals surface area (Å²) in [5.41, 5.74) is 3.63. The third kappa shape index (κ3) is 3.04. The van der Waals surface area contributed by atoms with E-state index in [1.54, 1.807) is 0 Å². The molecular formula is C19H23N3. The number of fused-ring (bicyclic) bond motifs is 1. The van der Waals surface area contributed by atoms with Gasteiger partial charge in [0.05, 0.1) is 11.9 Å². The summed E-state index contributed by atoms with van der Waals surface area (Å²) < 4.78 is 0. The van der Waals surface area contributed by atoms with Crippen molar-refractivity contribution < 1.29 is 0 Å². The summed E-state index contributed by atoms with van der Waals surface area (Å²) in [5.74, 6) is 0. The summed E-state index contributed by atoms with van der Waals surface area (Å²) in [6, 6.07) is 14.9. The Bertz CT molecular complexity index is 740. The fourth-order valence-electron chi connectivity index (χ4n) is 2.91. The van der Waals surface area contributed by atoms with Crippen molar-refractivity contribution in [2.75, 3.05) is 13.6 Å². The molecule has 0 atom stereocenters. The molecule has 0 saturated heterocycles. The van der Waals surface area contributed by atoms with Crippen molar-refractivity contribution in [1.82, 2.24) is 15.1 Å². The molecule has 0 aliphatic carbocycles. The molecule has 0 amide bonds. The van der Waals surface area contributed by atoms with E-state index in [1.807, 2.05) is 6.20 Å². The summed E-state index contributed by atoms with van der Waals surface area (Å²) in [6.45, 7) is 4.28. The molecule has 1 heterocycles. The van der Waals surface area contributed by atoms with Crippen LogP contribution in [-0.2, 0) is 6.54 Å². The molecule has 0 unspecified atom stereocenters. The highest BCUT2D eigenvalue weighted by Gasteiger charge is 2.12. The predicted octanol–water partition coefficient (Wildman–Crippen LogP) is 4.46. The number of aromatic nitrogens is 2. The summed E-state index contributed by atoms with van der Waals surface area (Å²) in [5, 5.41) is 10.0. The average Bonchev–Trinajstić information content (AvgIpc) is 3.00. The number of aromatic amines is 1. The van der Waals surface area contributed by atoms with Crippen LogP contribution in [0.25, 0.3) is 22.0 Å². The molecule has 1 N–H and O–H groups in total. The fourth-order valence-corrected chi connectivity index (χ4v) is 2.91. The minimum atomic E-state index is 0.926. The third-order valence-corrected chi connectivity index (χ3v) is 4.11. The molecule has 0 bridgehead atoms. The highest BCUT2D eigenvalue weighted by Crippen LogP contribution is 2.29. The van der Waals surface area contributed by atoms with Crippen LogP contribution in [0.2, 0.25) is 0 Å². The minimum absolute atomic E-state index is 0.926. The van der Waals surface area contributed by atoms with Crippen molar-refractivity contribution in [2.24, 2.45) is 0 Å². The van der Waals surface area contributed by atoms with Crippen molar-refractivity contribution in [3.05, 3.63) is 54.2 Å². The molecule has 3 heteroatoms. The minimum Gasteiger partial charge on any atom is -0.302 e. The fraction of sp³-hybridized carbons (Fsp3) is 0.316. The lowest BCUT2D eigenvalue weighted by atomic mass is 10.00. The van der Waals surface area contributed by atoms with Crippen LogP contribution in [0.5, 0.6) is 0 Å². The molecule has 0 saturated carbocycles. The Morgan fingerprint density at radius 3 is 2.77 bits per heavy atom. The van der Waals surface area contributed by atoms with Gasteiger partial charge in [-0.25, -0.2) is 0 Å². The van der Waals surface area contributed by atoms with Gasteiger partial charge in [0.15, 0.2) is 0 Å². The monoisotopic (exact) mass is 293 g/mol. The molecule has 22 heavy (non-hydrogen) atoms. The van der Waals surface area contributed by atoms with Crippen LogP contribution in [0.3, 0.4) is 0 Å². The number of benzene rings is 2. The molecule has 3 rings (SSSR count). The third-order valence-electron chi connectivity index (χ3n) is 4.11. The second kappa shape index (κ2) is 6.75. The molecule has 0 fully saturated rings. The number of H-pyrrole nitrogens is 1. The Hall–Kier alpha value is -2.13. The first kappa shape index (κ1) is 14.8. The molecule has 1 aromatic heterocycles. The van der Waals surface area contributed by atoms with Crippen LogP contribution in [0.4, 0.5) is 0 Å². The Morgan fingerprint density at radius 1 is 1.09 bits per heavy atom. The van der Waals surface area contributed by atoms with Gasteiger partial charge < -0.3 is 4.90 Å². The van der Waals surface area contributed by atoms with E-state index in [-0.39, 0.29) is 0 Å². The lowest BCUT2D eigenvalue weighted by molar-refractivity contribution is 0.321. The Balaban J connectivity index is 1.94. The Labute approximate surface area is 132 Å². The maximum Gasteiger partial charge on any atom is 0.0701 e. The lowest BCUT2D eigenvalue weighted by Gasteiger charge is -2.16. The summed E-state index contributed by atoms with van der Waals surface area (Å²) in [6.07, 6.45) is 4.42. The SMILES string of the molecule is CCCCN(C)Cc1cn[nH]c1-c1cccc2ccccc12. The lowest BCUT2D eigenvalue weighted by Crippen LogP contribution is -2.19. The van der Waals surface area contributed by atoms with E-state index in [1.165, 1.54) is 34.7 Å². The highest BCUT2D eigenvalue weighted by atomic mass is 15.1. The topological polar surface area (TPSA) is 31.9 Å². The first-order valence-electron chi connectivity index (χ1n) is 7.98. The van der Waals surface area contributed by atoms with Crippen LogP contribution in [-0.4, -0.2) is 28.7 Å². The quantitative estimate of drug-likeness (QED) is 0.727. The first-order chi connectivity index (χ1) is 10.8. The zero-order valence-corrected chi connectivity index (χ0v) is 13.3. The maximum atomic E-state index is 4.29. The van der Waals surface area contributed by atoms with Gasteiger partial charge >= 0.3 is 0 Å². The Kier molecular flexibility index (Phi) is 4.54. The molecule has 114 valence electrons. The molecule has 0 spiro atoms. The van der Waals surface area contributed by atoms with Crippen molar-refractivity contribution in [3.8, 4) is 11.3 Å². The van der Waals surface area contributed by atoms with Crippen molar-refractivity contribution in [2.45, 2.75) is 26.3 Å². The van der Waals surface area contributed by atoms with Crippen molar-refractivity contribution in [3.63, 3.8) is 0 Å². The van der Waals surface area contributed by atoms with E-state index >= 15 is 0 Å². The predicted molar refractivity (Wildman–Crippen MR) is 92.8 cm³/mol. The van der Waals surface area contributed by atoms with Gasteiger partial charge in [-0.3, -0.25) is 5.10 Å². The number of rotatable bonds is 6. The van der Waals surface area contributed by atoms with Gasteiger partial charge in [0.1, 0.15) is 0 Å². The van der Waals surface area contributed by atoms with Gasteiger partial charge in [0.25, 0.3) is 0 Å². The van der Waals surface area contributed by atoms with E-state index in [2.05, 4.69) is 71.5 Å². The zero-order valence-electron chi connectivity index (χ0n) is 13.3. The standard InChI is InChI=1S/C19H23N3/c1-3-4-12-22(2)14-16-13-20-21-19(16)18-11-7-9-15-8-5-6-10-17(15)18/h5-11,13H,3-4,12,14H2,1-2H3,(H,20,21). The van der Waals surface area contributed by atoms with E-state index in [0.29, 0.717) is 0 Å². The van der Waals surface area contributed by atoms with E-state index in [4.69, 9.17) is 0 Å². The summed E-state index contributed by atoms with van der Waals surface area (Å²) in [7, 11) is 2.18. The Morgan fingerprint density at radius 2 is 1.91 bits per heavy atom. The normalized spacial score (nSPS) is 11.4. The molecular weight excluding hydrogens is 270 g/mol. The summed E-state index contributed by atoms with van der Waals surface area (Å²) >= 11 is 0. The molecule has 3 nitrogen and oxygen atoms in total. The number of nitrogens with one attached hydrogen (secondary N) is 1. The van der Waals surface area contributed by atoms with E-state index < -0.39 is 0 Å². The molecule has 0 aliphatic rings. The molecule has 0 aliphatic heterocycles. The van der Waals surface area contributed by atoms with Crippen molar-refractivity contribution >= 4 is 10.8 Å². The van der Waals surface area contributed by atoms with Gasteiger partial charge in [-0.15, -0.1) is 0 Å². The first-order valence-corrected chi connectivity index (χ1v) is 7.98. The number of nitrogens with zero attached hydrogens (tertiary/aromatic N) is 2. The van der Waals surface area contributed by atoms with Crippen LogP contribution in [0.1, 0.15) is 25.3 Å². The number of hydrogen-bond acceptors (Lipinski definition) is 2. The smallest absolute Gasteiger partial charge is 0.0701 e. The summed E-state index contributed by atoms with van der Waals surface area (Å²) in [4.78, 5) is 2.36. The number of unbranched alkanes of at least 4 members (excludes halogenated alkanes) is 1. The van der Waals surface area contributed by atoms with Gasteiger partial charge in [0.2, 0.25) is 0 Å². The van der Waals surface area contributed by atoms with Gasteiger partial charge in [-0.2, -0.15) is 5.10 Å². The second-order valence-corrected chi connectivity index (χ2v) is 5.89. The zero-order chi connectivity index (χ0) is 15.4.